The Morgan fingerprint density at radius 3 is 2.33 bits per heavy atom. The fraction of sp³-hybridized carbons (Fsp3) is 0.0500. The van der Waals surface area contributed by atoms with E-state index in [2.05, 4.69) is 10.6 Å². The first kappa shape index (κ1) is 17.9. The monoisotopic (exact) mass is 364 g/mol. The Bertz CT molecular complexity index is 980. The molecule has 0 atom stereocenters. The van der Waals surface area contributed by atoms with Crippen LogP contribution in [0.4, 0.5) is 11.4 Å². The third kappa shape index (κ3) is 4.60. The van der Waals surface area contributed by atoms with Gasteiger partial charge in [-0.05, 0) is 42.0 Å². The minimum atomic E-state index is -1.08. The first-order chi connectivity index (χ1) is 13.0. The molecule has 1 heterocycles. The number of furan rings is 1. The van der Waals surface area contributed by atoms with Crippen LogP contribution in [0.1, 0.15) is 26.5 Å². The number of anilines is 2. The third-order valence-corrected chi connectivity index (χ3v) is 3.75. The first-order valence-corrected chi connectivity index (χ1v) is 8.09. The Kier molecular flexibility index (Phi) is 5.32. The number of nitrogens with one attached hydrogen (secondary N) is 2. The van der Waals surface area contributed by atoms with E-state index in [-0.39, 0.29) is 23.7 Å². The molecule has 0 bridgehead atoms. The minimum absolute atomic E-state index is 0.0779. The molecule has 0 aliphatic carbocycles. The van der Waals surface area contributed by atoms with Crippen LogP contribution in [0.3, 0.4) is 0 Å². The van der Waals surface area contributed by atoms with Crippen LogP contribution in [0.25, 0.3) is 0 Å². The summed E-state index contributed by atoms with van der Waals surface area (Å²) in [5.41, 5.74) is 1.47. The van der Waals surface area contributed by atoms with E-state index in [1.807, 2.05) is 0 Å². The second-order valence-electron chi connectivity index (χ2n) is 5.70. The number of aromatic carboxylic acids is 1. The Balaban J connectivity index is 1.67. The number of benzene rings is 2. The lowest BCUT2D eigenvalue weighted by Gasteiger charge is -2.09. The van der Waals surface area contributed by atoms with Crippen LogP contribution in [-0.4, -0.2) is 22.9 Å². The molecule has 2 aromatic carbocycles. The zero-order valence-corrected chi connectivity index (χ0v) is 14.1. The van der Waals surface area contributed by atoms with E-state index in [1.165, 1.54) is 12.3 Å². The highest BCUT2D eigenvalue weighted by Gasteiger charge is 2.13. The quantitative estimate of drug-likeness (QED) is 0.621. The normalized spacial score (nSPS) is 10.2. The molecule has 0 aliphatic rings. The molecule has 0 saturated heterocycles. The lowest BCUT2D eigenvalue weighted by molar-refractivity contribution is -0.115. The molecule has 136 valence electrons. The van der Waals surface area contributed by atoms with E-state index in [4.69, 9.17) is 4.42 Å². The molecule has 0 aliphatic heterocycles. The van der Waals surface area contributed by atoms with Crippen LogP contribution in [0.15, 0.2) is 71.3 Å². The van der Waals surface area contributed by atoms with Crippen molar-refractivity contribution < 1.29 is 23.9 Å². The number of rotatable bonds is 6. The molecule has 0 spiro atoms. The molecule has 3 N–H and O–H groups in total. The topological polar surface area (TPSA) is 109 Å². The molecule has 1 aromatic heterocycles. The predicted molar refractivity (Wildman–Crippen MR) is 98.8 cm³/mol. The molecule has 0 saturated carbocycles. The van der Waals surface area contributed by atoms with Gasteiger partial charge in [0.2, 0.25) is 5.91 Å². The minimum Gasteiger partial charge on any atom is -0.478 e. The average molecular weight is 364 g/mol. The van der Waals surface area contributed by atoms with Crippen LogP contribution >= 0.6 is 0 Å². The number of carboxylic acids is 1. The molecule has 7 nitrogen and oxygen atoms in total. The number of amides is 2. The predicted octanol–water partition coefficient (Wildman–Crippen LogP) is 3.41. The highest BCUT2D eigenvalue weighted by atomic mass is 16.4. The van der Waals surface area contributed by atoms with Gasteiger partial charge < -0.3 is 20.2 Å². The van der Waals surface area contributed by atoms with E-state index >= 15 is 0 Å². The zero-order valence-electron chi connectivity index (χ0n) is 14.1. The highest BCUT2D eigenvalue weighted by molar-refractivity contribution is 6.03. The highest BCUT2D eigenvalue weighted by Crippen LogP contribution is 2.17. The van der Waals surface area contributed by atoms with Crippen LogP contribution in [0, 0.1) is 0 Å². The van der Waals surface area contributed by atoms with Gasteiger partial charge in [0, 0.05) is 11.4 Å². The molecule has 3 rings (SSSR count). The molecule has 0 radical (unpaired) electrons. The van der Waals surface area contributed by atoms with Gasteiger partial charge in [-0.2, -0.15) is 0 Å². The van der Waals surface area contributed by atoms with Crippen molar-refractivity contribution in [1.82, 2.24) is 0 Å². The fourth-order valence-electron chi connectivity index (χ4n) is 2.54. The second kappa shape index (κ2) is 8.01. The molecule has 0 fully saturated rings. The number of hydrogen-bond donors (Lipinski definition) is 3. The Labute approximate surface area is 154 Å². The van der Waals surface area contributed by atoms with E-state index in [9.17, 15) is 19.5 Å². The van der Waals surface area contributed by atoms with Crippen LogP contribution < -0.4 is 10.6 Å². The van der Waals surface area contributed by atoms with Crippen molar-refractivity contribution in [2.24, 2.45) is 0 Å². The third-order valence-electron chi connectivity index (χ3n) is 3.75. The van der Waals surface area contributed by atoms with Crippen LogP contribution in [0.5, 0.6) is 0 Å². The van der Waals surface area contributed by atoms with Gasteiger partial charge in [-0.15, -0.1) is 0 Å². The first-order valence-electron chi connectivity index (χ1n) is 8.09. The van der Waals surface area contributed by atoms with Crippen molar-refractivity contribution in [3.8, 4) is 0 Å². The van der Waals surface area contributed by atoms with Crippen molar-refractivity contribution >= 4 is 29.2 Å². The van der Waals surface area contributed by atoms with E-state index in [1.54, 1.807) is 54.6 Å². The summed E-state index contributed by atoms with van der Waals surface area (Å²) in [6.45, 7) is 0. The van der Waals surface area contributed by atoms with E-state index in [0.717, 1.165) is 0 Å². The van der Waals surface area contributed by atoms with Crippen molar-refractivity contribution in [3.05, 3.63) is 83.8 Å². The Morgan fingerprint density at radius 1 is 0.889 bits per heavy atom. The van der Waals surface area contributed by atoms with Gasteiger partial charge in [-0.25, -0.2) is 4.79 Å². The lowest BCUT2D eigenvalue weighted by Crippen LogP contribution is -2.17. The molecule has 3 aromatic rings. The largest absolute Gasteiger partial charge is 0.478 e. The van der Waals surface area contributed by atoms with Crippen molar-refractivity contribution in [3.63, 3.8) is 0 Å². The summed E-state index contributed by atoms with van der Waals surface area (Å²) in [5.74, 6) is -1.67. The van der Waals surface area contributed by atoms with Crippen molar-refractivity contribution in [1.29, 1.82) is 0 Å². The summed E-state index contributed by atoms with van der Waals surface area (Å²) >= 11 is 0. The molecular formula is C20H16N2O5. The van der Waals surface area contributed by atoms with Crippen LogP contribution in [-0.2, 0) is 11.2 Å². The maximum atomic E-state index is 12.3. The molecule has 2 amide bonds. The van der Waals surface area contributed by atoms with E-state index in [0.29, 0.717) is 16.9 Å². The summed E-state index contributed by atoms with van der Waals surface area (Å²) in [5, 5.41) is 14.6. The number of carbonyl (C=O) groups excluding carboxylic acids is 2. The Morgan fingerprint density at radius 2 is 1.63 bits per heavy atom. The fourth-order valence-corrected chi connectivity index (χ4v) is 2.54. The molecule has 27 heavy (non-hydrogen) atoms. The number of carbonyl (C=O) groups is 3. The average Bonchev–Trinajstić information content (AvgIpc) is 3.17. The van der Waals surface area contributed by atoms with Gasteiger partial charge in [0.1, 0.15) is 0 Å². The maximum absolute atomic E-state index is 12.3. The lowest BCUT2D eigenvalue weighted by atomic mass is 10.0. The second-order valence-corrected chi connectivity index (χ2v) is 5.70. The van der Waals surface area contributed by atoms with Crippen molar-refractivity contribution in [2.45, 2.75) is 6.42 Å². The SMILES string of the molecule is O=C(Cc1ccccc1C(=O)O)Nc1cccc(NC(=O)c2ccco2)c1. The summed E-state index contributed by atoms with van der Waals surface area (Å²) in [7, 11) is 0. The molecule has 7 heteroatoms. The van der Waals surface area contributed by atoms with Crippen LogP contribution in [0.2, 0.25) is 0 Å². The van der Waals surface area contributed by atoms with Gasteiger partial charge in [0.15, 0.2) is 5.76 Å². The van der Waals surface area contributed by atoms with Gasteiger partial charge in [0.25, 0.3) is 5.91 Å². The maximum Gasteiger partial charge on any atom is 0.335 e. The number of carboxylic acid groups (broad SMARTS) is 1. The summed E-state index contributed by atoms with van der Waals surface area (Å²) < 4.78 is 5.03. The standard InChI is InChI=1S/C20H16N2O5/c23-18(11-13-5-1-2-8-16(13)20(25)26)21-14-6-3-7-15(12-14)22-19(24)17-9-4-10-27-17/h1-10,12H,11H2,(H,21,23)(H,22,24)(H,25,26). The van der Waals surface area contributed by atoms with Gasteiger partial charge in [0.05, 0.1) is 18.2 Å². The molecule has 0 unspecified atom stereocenters. The molecular weight excluding hydrogens is 348 g/mol. The Hall–Kier alpha value is -3.87. The van der Waals surface area contributed by atoms with Crippen molar-refractivity contribution in [2.75, 3.05) is 10.6 Å². The summed E-state index contributed by atoms with van der Waals surface area (Å²) in [6.07, 6.45) is 1.33. The number of hydrogen-bond acceptors (Lipinski definition) is 4. The summed E-state index contributed by atoms with van der Waals surface area (Å²) in [6, 6.07) is 16.1. The van der Waals surface area contributed by atoms with E-state index < -0.39 is 11.9 Å². The van der Waals surface area contributed by atoms with Gasteiger partial charge in [-0.3, -0.25) is 9.59 Å². The van der Waals surface area contributed by atoms with Gasteiger partial charge in [-0.1, -0.05) is 24.3 Å². The zero-order chi connectivity index (χ0) is 19.2. The smallest absolute Gasteiger partial charge is 0.335 e. The summed E-state index contributed by atoms with van der Waals surface area (Å²) in [4.78, 5) is 35.5. The van der Waals surface area contributed by atoms with Gasteiger partial charge >= 0.3 is 5.97 Å².